The third-order valence-electron chi connectivity index (χ3n) is 6.42. The number of nitrogens with one attached hydrogen (secondary N) is 1. The van der Waals surface area contributed by atoms with Crippen molar-refractivity contribution in [2.24, 2.45) is 0 Å². The SMILES string of the molecule is CCOc1ccc(S(=O)(=O)N(CC(=O)N(CCc2ccccc2)[C@H](CC)C(=O)NC(C)C)c2ccc(F)cc2)cc1. The summed E-state index contributed by atoms with van der Waals surface area (Å²) in [5.74, 6) is -0.901. The highest BCUT2D eigenvalue weighted by Gasteiger charge is 2.33. The van der Waals surface area contributed by atoms with Gasteiger partial charge in [-0.1, -0.05) is 37.3 Å². The van der Waals surface area contributed by atoms with Crippen LogP contribution in [0.1, 0.15) is 39.7 Å². The number of carbonyl (C=O) groups is 2. The van der Waals surface area contributed by atoms with Crippen molar-refractivity contribution < 1.29 is 27.1 Å². The normalized spacial score (nSPS) is 12.0. The number of hydrogen-bond donors (Lipinski definition) is 1. The minimum atomic E-state index is -4.26. The fraction of sp³-hybridized carbons (Fsp3) is 0.355. The van der Waals surface area contributed by atoms with Crippen molar-refractivity contribution in [2.75, 3.05) is 24.0 Å². The number of halogens is 1. The Morgan fingerprint density at radius 2 is 1.56 bits per heavy atom. The molecule has 0 saturated carbocycles. The van der Waals surface area contributed by atoms with Crippen LogP contribution in [-0.2, 0) is 26.0 Å². The molecule has 220 valence electrons. The van der Waals surface area contributed by atoms with Gasteiger partial charge in [-0.2, -0.15) is 0 Å². The van der Waals surface area contributed by atoms with E-state index in [-0.39, 0.29) is 29.1 Å². The van der Waals surface area contributed by atoms with Crippen LogP contribution >= 0.6 is 0 Å². The first kappa shape index (κ1) is 31.6. The van der Waals surface area contributed by atoms with Gasteiger partial charge in [0.2, 0.25) is 11.8 Å². The monoisotopic (exact) mass is 583 g/mol. The second-order valence-corrected chi connectivity index (χ2v) is 11.7. The maximum Gasteiger partial charge on any atom is 0.264 e. The van der Waals surface area contributed by atoms with Crippen LogP contribution in [0.15, 0.2) is 83.8 Å². The molecule has 0 radical (unpaired) electrons. The Morgan fingerprint density at radius 3 is 2.12 bits per heavy atom. The van der Waals surface area contributed by atoms with Crippen LogP contribution in [0.3, 0.4) is 0 Å². The molecular formula is C31H38FN3O5S. The first-order chi connectivity index (χ1) is 19.6. The Morgan fingerprint density at radius 1 is 0.927 bits per heavy atom. The van der Waals surface area contributed by atoms with Gasteiger partial charge in [0, 0.05) is 12.6 Å². The average Bonchev–Trinajstić information content (AvgIpc) is 2.95. The first-order valence-electron chi connectivity index (χ1n) is 13.7. The zero-order valence-electron chi connectivity index (χ0n) is 23.9. The van der Waals surface area contributed by atoms with Crippen LogP contribution in [0.4, 0.5) is 10.1 Å². The molecule has 0 bridgehead atoms. The highest BCUT2D eigenvalue weighted by atomic mass is 32.2. The molecule has 3 aromatic rings. The van der Waals surface area contributed by atoms with Gasteiger partial charge in [-0.05, 0) is 87.7 Å². The molecule has 0 unspecified atom stereocenters. The lowest BCUT2D eigenvalue weighted by atomic mass is 10.1. The lowest BCUT2D eigenvalue weighted by molar-refractivity contribution is -0.139. The number of ether oxygens (including phenoxy) is 1. The van der Waals surface area contributed by atoms with Gasteiger partial charge in [0.25, 0.3) is 10.0 Å². The molecule has 0 aliphatic heterocycles. The van der Waals surface area contributed by atoms with Gasteiger partial charge < -0.3 is 15.0 Å². The zero-order chi connectivity index (χ0) is 30.0. The van der Waals surface area contributed by atoms with E-state index < -0.39 is 34.3 Å². The number of carbonyl (C=O) groups excluding carboxylic acids is 2. The maximum atomic E-state index is 14.0. The van der Waals surface area contributed by atoms with Crippen LogP contribution < -0.4 is 14.4 Å². The van der Waals surface area contributed by atoms with Gasteiger partial charge in [-0.15, -0.1) is 0 Å². The number of rotatable bonds is 14. The standard InChI is InChI=1S/C31H38FN3O5S/c1-5-29(31(37)33-23(3)4)34(21-20-24-10-8-7-9-11-24)30(36)22-35(26-14-12-25(32)13-15-26)41(38,39)28-18-16-27(17-19-28)40-6-2/h7-19,23,29H,5-6,20-22H2,1-4H3,(H,33,37)/t29-/m1/s1. The Balaban J connectivity index is 2.00. The van der Waals surface area contributed by atoms with Crippen LogP contribution in [0.2, 0.25) is 0 Å². The maximum absolute atomic E-state index is 14.0. The summed E-state index contributed by atoms with van der Waals surface area (Å²) >= 11 is 0. The second-order valence-electron chi connectivity index (χ2n) is 9.80. The molecule has 8 nitrogen and oxygen atoms in total. The number of nitrogens with zero attached hydrogens (tertiary/aromatic N) is 2. The minimum Gasteiger partial charge on any atom is -0.494 e. The summed E-state index contributed by atoms with van der Waals surface area (Å²) in [5.41, 5.74) is 1.10. The van der Waals surface area contributed by atoms with Crippen molar-refractivity contribution in [1.29, 1.82) is 0 Å². The summed E-state index contributed by atoms with van der Waals surface area (Å²) in [6.07, 6.45) is 0.807. The lowest BCUT2D eigenvalue weighted by Crippen LogP contribution is -2.54. The van der Waals surface area contributed by atoms with E-state index in [4.69, 9.17) is 4.74 Å². The van der Waals surface area contributed by atoms with Crippen molar-refractivity contribution in [3.63, 3.8) is 0 Å². The molecular weight excluding hydrogens is 545 g/mol. The van der Waals surface area contributed by atoms with Gasteiger partial charge in [0.15, 0.2) is 0 Å². The lowest BCUT2D eigenvalue weighted by Gasteiger charge is -2.33. The van der Waals surface area contributed by atoms with E-state index in [0.717, 1.165) is 22.0 Å². The number of benzene rings is 3. The van der Waals surface area contributed by atoms with E-state index in [9.17, 15) is 22.4 Å². The fourth-order valence-corrected chi connectivity index (χ4v) is 5.83. The summed E-state index contributed by atoms with van der Waals surface area (Å²) in [6, 6.07) is 19.4. The predicted molar refractivity (Wildman–Crippen MR) is 158 cm³/mol. The second kappa shape index (κ2) is 14.6. The largest absolute Gasteiger partial charge is 0.494 e. The molecule has 1 N–H and O–H groups in total. The van der Waals surface area contributed by atoms with Crippen molar-refractivity contribution in [3.05, 3.63) is 90.2 Å². The van der Waals surface area contributed by atoms with E-state index in [2.05, 4.69) is 5.32 Å². The summed E-state index contributed by atoms with van der Waals surface area (Å²) in [4.78, 5) is 28.5. The highest BCUT2D eigenvalue weighted by Crippen LogP contribution is 2.26. The van der Waals surface area contributed by atoms with Gasteiger partial charge in [0.05, 0.1) is 17.2 Å². The summed E-state index contributed by atoms with van der Waals surface area (Å²) < 4.78 is 47.9. The topological polar surface area (TPSA) is 96.0 Å². The molecule has 2 amide bonds. The third kappa shape index (κ3) is 8.53. The average molecular weight is 584 g/mol. The smallest absolute Gasteiger partial charge is 0.264 e. The third-order valence-corrected chi connectivity index (χ3v) is 8.21. The number of hydrogen-bond acceptors (Lipinski definition) is 5. The van der Waals surface area contributed by atoms with Crippen molar-refractivity contribution in [3.8, 4) is 5.75 Å². The van der Waals surface area contributed by atoms with E-state index in [1.807, 2.05) is 58.0 Å². The Hall–Kier alpha value is -3.92. The van der Waals surface area contributed by atoms with Crippen LogP contribution in [0.5, 0.6) is 5.75 Å². The van der Waals surface area contributed by atoms with Crippen molar-refractivity contribution in [2.45, 2.75) is 57.5 Å². The predicted octanol–water partition coefficient (Wildman–Crippen LogP) is 4.79. The molecule has 0 saturated heterocycles. The number of sulfonamides is 1. The number of anilines is 1. The molecule has 0 aliphatic carbocycles. The highest BCUT2D eigenvalue weighted by molar-refractivity contribution is 7.92. The quantitative estimate of drug-likeness (QED) is 0.294. The zero-order valence-corrected chi connectivity index (χ0v) is 24.7. The molecule has 1 atom stereocenters. The van der Waals surface area contributed by atoms with E-state index in [1.165, 1.54) is 41.3 Å². The summed E-state index contributed by atoms with van der Waals surface area (Å²) in [5, 5.41) is 2.87. The molecule has 0 fully saturated rings. The molecule has 41 heavy (non-hydrogen) atoms. The van der Waals surface area contributed by atoms with Crippen molar-refractivity contribution in [1.82, 2.24) is 10.2 Å². The van der Waals surface area contributed by atoms with Crippen LogP contribution in [0.25, 0.3) is 0 Å². The van der Waals surface area contributed by atoms with Gasteiger partial charge in [-0.3, -0.25) is 13.9 Å². The number of amides is 2. The Labute approximate surface area is 242 Å². The fourth-order valence-electron chi connectivity index (χ4n) is 4.41. The Kier molecular flexibility index (Phi) is 11.3. The first-order valence-corrected chi connectivity index (χ1v) is 15.2. The molecule has 10 heteroatoms. The van der Waals surface area contributed by atoms with E-state index in [1.54, 1.807) is 0 Å². The van der Waals surface area contributed by atoms with Crippen LogP contribution in [0, 0.1) is 5.82 Å². The summed E-state index contributed by atoms with van der Waals surface area (Å²) in [7, 11) is -4.26. The minimum absolute atomic E-state index is 0.0569. The summed E-state index contributed by atoms with van der Waals surface area (Å²) in [6.45, 7) is 7.34. The molecule has 3 aromatic carbocycles. The van der Waals surface area contributed by atoms with Gasteiger partial charge in [-0.25, -0.2) is 12.8 Å². The van der Waals surface area contributed by atoms with Gasteiger partial charge >= 0.3 is 0 Å². The molecule has 0 aromatic heterocycles. The van der Waals surface area contributed by atoms with Gasteiger partial charge in [0.1, 0.15) is 24.2 Å². The molecule has 3 rings (SSSR count). The molecule has 0 aliphatic rings. The van der Waals surface area contributed by atoms with E-state index in [0.29, 0.717) is 25.2 Å². The van der Waals surface area contributed by atoms with E-state index >= 15 is 0 Å². The molecule has 0 heterocycles. The van der Waals surface area contributed by atoms with Crippen LogP contribution in [-0.4, -0.2) is 56.9 Å². The van der Waals surface area contributed by atoms with Crippen molar-refractivity contribution >= 4 is 27.5 Å². The Bertz CT molecular complexity index is 1380. The molecule has 0 spiro atoms.